The molecule has 0 bridgehead atoms. The Morgan fingerprint density at radius 3 is 2.63 bits per heavy atom. The number of rotatable bonds is 5. The minimum absolute atomic E-state index is 0.165. The molecule has 5 nitrogen and oxygen atoms in total. The zero-order chi connectivity index (χ0) is 21.3. The molecule has 0 atom stereocenters. The summed E-state index contributed by atoms with van der Waals surface area (Å²) in [5, 5.41) is 4.67. The highest BCUT2D eigenvalue weighted by Crippen LogP contribution is 2.34. The smallest absolute Gasteiger partial charge is 0.265 e. The molecule has 2 aromatic carbocycles. The number of thioether (sulfide) groups is 1. The van der Waals surface area contributed by atoms with Crippen molar-refractivity contribution in [3.63, 3.8) is 0 Å². The van der Waals surface area contributed by atoms with Crippen molar-refractivity contribution in [1.29, 1.82) is 0 Å². The molecular weight excluding hydrogens is 421 g/mol. The molecule has 1 saturated heterocycles. The van der Waals surface area contributed by atoms with Gasteiger partial charge in [-0.05, 0) is 43.3 Å². The molecule has 0 spiro atoms. The van der Waals surface area contributed by atoms with Crippen molar-refractivity contribution in [3.8, 4) is 22.7 Å². The maximum Gasteiger partial charge on any atom is 0.265 e. The third-order valence-electron chi connectivity index (χ3n) is 4.54. The minimum Gasteiger partial charge on any atom is -0.491 e. The lowest BCUT2D eigenvalue weighted by Crippen LogP contribution is -2.22. The fourth-order valence-electron chi connectivity index (χ4n) is 3.04. The number of aromatic nitrogens is 2. The van der Waals surface area contributed by atoms with Gasteiger partial charge in [0.1, 0.15) is 10.0 Å². The lowest BCUT2D eigenvalue weighted by Gasteiger charge is -2.06. The summed E-state index contributed by atoms with van der Waals surface area (Å²) in [6, 6.07) is 14.3. The van der Waals surface area contributed by atoms with Crippen molar-refractivity contribution >= 4 is 40.3 Å². The Balaban J connectivity index is 1.83. The average molecular weight is 440 g/mol. The van der Waals surface area contributed by atoms with Gasteiger partial charge >= 0.3 is 0 Å². The Morgan fingerprint density at radius 1 is 1.23 bits per heavy atom. The summed E-state index contributed by atoms with van der Waals surface area (Å²) < 4.78 is 22.0. The molecule has 30 heavy (non-hydrogen) atoms. The van der Waals surface area contributed by atoms with E-state index in [0.717, 1.165) is 5.69 Å². The molecule has 1 amide bonds. The number of amides is 1. The third-order valence-corrected chi connectivity index (χ3v) is 6.03. The van der Waals surface area contributed by atoms with E-state index in [1.54, 1.807) is 36.9 Å². The first kappa shape index (κ1) is 20.3. The van der Waals surface area contributed by atoms with E-state index in [4.69, 9.17) is 17.0 Å². The molecule has 4 rings (SSSR count). The number of hydrogen-bond donors (Lipinski definition) is 0. The second kappa shape index (κ2) is 8.41. The molecule has 1 fully saturated rings. The van der Waals surface area contributed by atoms with Crippen LogP contribution < -0.4 is 4.74 Å². The molecule has 0 N–H and O–H groups in total. The van der Waals surface area contributed by atoms with Gasteiger partial charge < -0.3 is 4.74 Å². The molecule has 8 heteroatoms. The van der Waals surface area contributed by atoms with Crippen LogP contribution in [-0.2, 0) is 4.79 Å². The van der Waals surface area contributed by atoms with Crippen molar-refractivity contribution in [2.24, 2.45) is 0 Å². The van der Waals surface area contributed by atoms with Crippen LogP contribution in [0.4, 0.5) is 4.39 Å². The summed E-state index contributed by atoms with van der Waals surface area (Å²) in [7, 11) is 1.65. The quantitative estimate of drug-likeness (QED) is 0.418. The van der Waals surface area contributed by atoms with Gasteiger partial charge in [0.05, 0.1) is 17.2 Å². The van der Waals surface area contributed by atoms with Gasteiger partial charge in [-0.2, -0.15) is 5.10 Å². The molecule has 152 valence electrons. The van der Waals surface area contributed by atoms with E-state index >= 15 is 0 Å². The summed E-state index contributed by atoms with van der Waals surface area (Å²) in [5.74, 6) is -0.437. The van der Waals surface area contributed by atoms with Crippen molar-refractivity contribution < 1.29 is 13.9 Å². The zero-order valence-electron chi connectivity index (χ0n) is 16.3. The minimum atomic E-state index is -0.463. The summed E-state index contributed by atoms with van der Waals surface area (Å²) >= 11 is 6.45. The number of halogens is 1. The van der Waals surface area contributed by atoms with E-state index in [1.807, 2.05) is 36.5 Å². The third kappa shape index (κ3) is 3.88. The lowest BCUT2D eigenvalue weighted by atomic mass is 10.1. The fourth-order valence-corrected chi connectivity index (χ4v) is 4.21. The standard InChI is InChI=1S/C22H18FN3O2S2/c1-3-28-18-10-9-14(11-17(18)23)20-15(12-19-21(27)25(2)22(29)30-19)13-26(24-20)16-7-5-4-6-8-16/h4-13H,3H2,1-2H3/b19-12-. The molecule has 0 aliphatic carbocycles. The Bertz CT molecular complexity index is 1160. The Hall–Kier alpha value is -2.97. The predicted molar refractivity (Wildman–Crippen MR) is 121 cm³/mol. The van der Waals surface area contributed by atoms with E-state index in [0.29, 0.717) is 32.7 Å². The number of para-hydroxylation sites is 1. The van der Waals surface area contributed by atoms with Crippen LogP contribution in [0.2, 0.25) is 0 Å². The van der Waals surface area contributed by atoms with E-state index < -0.39 is 5.82 Å². The number of ether oxygens (including phenoxy) is 1. The number of benzene rings is 2. The van der Waals surface area contributed by atoms with Gasteiger partial charge in [-0.25, -0.2) is 9.07 Å². The Morgan fingerprint density at radius 2 is 2.00 bits per heavy atom. The molecule has 1 aliphatic rings. The van der Waals surface area contributed by atoms with Gasteiger partial charge in [-0.1, -0.05) is 42.2 Å². The predicted octanol–water partition coefficient (Wildman–Crippen LogP) is 4.91. The zero-order valence-corrected chi connectivity index (χ0v) is 18.0. The van der Waals surface area contributed by atoms with Crippen molar-refractivity contribution in [2.45, 2.75) is 6.92 Å². The molecule has 1 aromatic heterocycles. The first-order valence-electron chi connectivity index (χ1n) is 9.27. The van der Waals surface area contributed by atoms with E-state index in [2.05, 4.69) is 5.10 Å². The second-order valence-electron chi connectivity index (χ2n) is 6.53. The maximum absolute atomic E-state index is 14.5. The van der Waals surface area contributed by atoms with Crippen LogP contribution in [0, 0.1) is 5.82 Å². The number of nitrogens with zero attached hydrogens (tertiary/aromatic N) is 3. The lowest BCUT2D eigenvalue weighted by molar-refractivity contribution is -0.121. The largest absolute Gasteiger partial charge is 0.491 e. The number of thiocarbonyl (C=S) groups is 1. The summed E-state index contributed by atoms with van der Waals surface area (Å²) in [5.41, 5.74) is 2.69. The van der Waals surface area contributed by atoms with Gasteiger partial charge in [0.25, 0.3) is 5.91 Å². The highest BCUT2D eigenvalue weighted by molar-refractivity contribution is 8.26. The average Bonchev–Trinajstić information content (AvgIpc) is 3.27. The maximum atomic E-state index is 14.5. The van der Waals surface area contributed by atoms with Gasteiger partial charge in [0, 0.05) is 24.4 Å². The van der Waals surface area contributed by atoms with Crippen molar-refractivity contribution in [3.05, 3.63) is 71.0 Å². The highest BCUT2D eigenvalue weighted by atomic mass is 32.2. The summed E-state index contributed by atoms with van der Waals surface area (Å²) in [6.07, 6.45) is 3.57. The Labute approximate surface area is 183 Å². The topological polar surface area (TPSA) is 47.4 Å². The van der Waals surface area contributed by atoms with Gasteiger partial charge in [0.15, 0.2) is 11.6 Å². The van der Waals surface area contributed by atoms with Crippen LogP contribution in [0.1, 0.15) is 12.5 Å². The van der Waals surface area contributed by atoms with Crippen LogP contribution in [0.25, 0.3) is 23.0 Å². The van der Waals surface area contributed by atoms with Crippen molar-refractivity contribution in [2.75, 3.05) is 13.7 Å². The normalized spacial score (nSPS) is 15.3. The van der Waals surface area contributed by atoms with Gasteiger partial charge in [0.2, 0.25) is 0 Å². The fraction of sp³-hybridized carbons (Fsp3) is 0.136. The number of carbonyl (C=O) groups excluding carboxylic acids is 1. The number of carbonyl (C=O) groups is 1. The van der Waals surface area contributed by atoms with E-state index in [9.17, 15) is 9.18 Å². The van der Waals surface area contributed by atoms with E-state index in [1.165, 1.54) is 22.7 Å². The molecule has 0 radical (unpaired) electrons. The van der Waals surface area contributed by atoms with Gasteiger partial charge in [-0.15, -0.1) is 0 Å². The summed E-state index contributed by atoms with van der Waals surface area (Å²) in [6.45, 7) is 2.18. The van der Waals surface area contributed by atoms with Crippen LogP contribution in [-0.4, -0.2) is 38.6 Å². The van der Waals surface area contributed by atoms with Crippen LogP contribution >= 0.6 is 24.0 Å². The first-order valence-corrected chi connectivity index (χ1v) is 10.5. The molecule has 0 unspecified atom stereocenters. The van der Waals surface area contributed by atoms with Crippen molar-refractivity contribution in [1.82, 2.24) is 14.7 Å². The van der Waals surface area contributed by atoms with Gasteiger partial charge in [-0.3, -0.25) is 9.69 Å². The monoisotopic (exact) mass is 439 g/mol. The first-order chi connectivity index (χ1) is 14.5. The molecular formula is C22H18FN3O2S2. The van der Waals surface area contributed by atoms with E-state index in [-0.39, 0.29) is 11.7 Å². The Kier molecular flexibility index (Phi) is 5.69. The molecule has 2 heterocycles. The second-order valence-corrected chi connectivity index (χ2v) is 8.21. The summed E-state index contributed by atoms with van der Waals surface area (Å²) in [4.78, 5) is 14.4. The molecule has 3 aromatic rings. The number of hydrogen-bond acceptors (Lipinski definition) is 5. The molecule has 1 aliphatic heterocycles. The highest BCUT2D eigenvalue weighted by Gasteiger charge is 2.29. The van der Waals surface area contributed by atoms with Crippen LogP contribution in [0.15, 0.2) is 59.6 Å². The SMILES string of the molecule is CCOc1ccc(-c2nn(-c3ccccc3)cc2/C=C2\SC(=S)N(C)C2=O)cc1F. The van der Waals surface area contributed by atoms with Crippen LogP contribution in [0.3, 0.4) is 0 Å². The molecule has 0 saturated carbocycles. The van der Waals surface area contributed by atoms with Crippen LogP contribution in [0.5, 0.6) is 5.75 Å². The number of likely N-dealkylation sites (N-methyl/N-ethyl adjacent to an activating group) is 1.